The second kappa shape index (κ2) is 10.3. The van der Waals surface area contributed by atoms with Gasteiger partial charge in [-0.15, -0.1) is 0 Å². The molecule has 0 aromatic heterocycles. The molecule has 0 spiro atoms. The minimum Gasteiger partial charge on any atom is -0.491 e. The molecule has 3 rings (SSSR count). The van der Waals surface area contributed by atoms with Gasteiger partial charge in [0, 0.05) is 19.6 Å². The van der Waals surface area contributed by atoms with Crippen molar-refractivity contribution in [3.05, 3.63) is 35.4 Å². The fraction of sp³-hybridized carbons (Fsp3) is 0.652. The summed E-state index contributed by atoms with van der Waals surface area (Å²) in [6.07, 6.45) is -0.479. The number of likely N-dealkylation sites (tertiary alicyclic amines) is 1. The highest BCUT2D eigenvalue weighted by atomic mass is 19.4. The molecule has 5 nitrogen and oxygen atoms in total. The molecule has 1 aromatic rings. The van der Waals surface area contributed by atoms with Crippen LogP contribution in [0.2, 0.25) is 0 Å². The first kappa shape index (κ1) is 24.0. The molecule has 1 aliphatic carbocycles. The number of hydrogen-bond acceptors (Lipinski definition) is 5. The Bertz CT molecular complexity index is 737. The number of unbranched alkanes of at least 4 members (excludes halogenated alkanes) is 1. The average molecular weight is 444 g/mol. The summed E-state index contributed by atoms with van der Waals surface area (Å²) in [7, 11) is 0. The molecule has 1 unspecified atom stereocenters. The highest BCUT2D eigenvalue weighted by Gasteiger charge is 2.41. The van der Waals surface area contributed by atoms with Gasteiger partial charge >= 0.3 is 6.18 Å². The number of benzene rings is 1. The lowest BCUT2D eigenvalue weighted by atomic mass is 9.79. The fourth-order valence-electron chi connectivity index (χ4n) is 4.55. The van der Waals surface area contributed by atoms with Crippen LogP contribution in [-0.4, -0.2) is 64.8 Å². The summed E-state index contributed by atoms with van der Waals surface area (Å²) in [4.78, 5) is 2.07. The van der Waals surface area contributed by atoms with E-state index in [4.69, 9.17) is 4.74 Å². The van der Waals surface area contributed by atoms with Crippen molar-refractivity contribution >= 4 is 6.08 Å². The number of alkyl halides is 3. The number of allylic oxidation sites excluding steroid dienone is 1. The van der Waals surface area contributed by atoms with Crippen molar-refractivity contribution in [3.8, 4) is 5.75 Å². The lowest BCUT2D eigenvalue weighted by Crippen LogP contribution is -2.38. The van der Waals surface area contributed by atoms with E-state index in [1.165, 1.54) is 0 Å². The van der Waals surface area contributed by atoms with Gasteiger partial charge in [-0.1, -0.05) is 25.5 Å². The van der Waals surface area contributed by atoms with Crippen LogP contribution in [0, 0.1) is 11.8 Å². The standard InChI is InChI=1S/C23H32F3NO4/c1-2-3-4-5-15-6-18(23(24,25)26)10-20(7-15)31-14-19(28)13-27-11-16-8-21(29)22(30)9-17(16)12-27/h4-7,10,16-17,19,21-22,28-30H,2-3,8-9,11-14H2,1H3/b5-4+/t16-,17+,19?,21+,22-. The van der Waals surface area contributed by atoms with E-state index in [9.17, 15) is 28.5 Å². The highest BCUT2D eigenvalue weighted by Crippen LogP contribution is 2.36. The molecule has 0 bridgehead atoms. The molecule has 1 saturated heterocycles. The molecular weight excluding hydrogens is 411 g/mol. The van der Waals surface area contributed by atoms with E-state index >= 15 is 0 Å². The smallest absolute Gasteiger partial charge is 0.416 e. The molecule has 174 valence electrons. The molecule has 2 fully saturated rings. The summed E-state index contributed by atoms with van der Waals surface area (Å²) in [5.41, 5.74) is -0.370. The van der Waals surface area contributed by atoms with Gasteiger partial charge in [-0.05, 0) is 54.9 Å². The maximum Gasteiger partial charge on any atom is 0.416 e. The van der Waals surface area contributed by atoms with Gasteiger partial charge in [-0.25, -0.2) is 0 Å². The first-order valence-corrected chi connectivity index (χ1v) is 10.9. The molecule has 1 aromatic carbocycles. The van der Waals surface area contributed by atoms with E-state index in [1.54, 1.807) is 12.1 Å². The lowest BCUT2D eigenvalue weighted by molar-refractivity contribution is -0.137. The third-order valence-electron chi connectivity index (χ3n) is 6.12. The Kier molecular flexibility index (Phi) is 8.02. The zero-order chi connectivity index (χ0) is 22.6. The molecule has 3 N–H and O–H groups in total. The number of nitrogens with zero attached hydrogens (tertiary/aromatic N) is 1. The van der Waals surface area contributed by atoms with Crippen LogP contribution in [0.3, 0.4) is 0 Å². The molecular formula is C23H32F3NO4. The summed E-state index contributed by atoms with van der Waals surface area (Å²) in [5.74, 6) is 0.645. The third-order valence-corrected chi connectivity index (χ3v) is 6.12. The number of aliphatic hydroxyl groups is 3. The maximum atomic E-state index is 13.2. The van der Waals surface area contributed by atoms with Gasteiger partial charge in [0.05, 0.1) is 17.8 Å². The monoisotopic (exact) mass is 443 g/mol. The minimum absolute atomic E-state index is 0.0753. The Morgan fingerprint density at radius 2 is 1.77 bits per heavy atom. The maximum absolute atomic E-state index is 13.2. The van der Waals surface area contributed by atoms with Crippen molar-refractivity contribution in [2.75, 3.05) is 26.2 Å². The number of ether oxygens (including phenoxy) is 1. The summed E-state index contributed by atoms with van der Waals surface area (Å²) >= 11 is 0. The van der Waals surface area contributed by atoms with Crippen molar-refractivity contribution < 1.29 is 33.2 Å². The van der Waals surface area contributed by atoms with Crippen molar-refractivity contribution in [2.24, 2.45) is 11.8 Å². The van der Waals surface area contributed by atoms with E-state index in [1.807, 2.05) is 13.0 Å². The Morgan fingerprint density at radius 3 is 2.35 bits per heavy atom. The van der Waals surface area contributed by atoms with E-state index in [2.05, 4.69) is 4.90 Å². The van der Waals surface area contributed by atoms with Crippen LogP contribution in [0.1, 0.15) is 43.7 Å². The Balaban J connectivity index is 1.57. The number of rotatable bonds is 8. The normalized spacial score (nSPS) is 28.1. The number of β-amino-alcohol motifs (C(OH)–C–C–N with tert-alkyl or cyclic N) is 1. The van der Waals surface area contributed by atoms with Crippen LogP contribution >= 0.6 is 0 Å². The zero-order valence-electron chi connectivity index (χ0n) is 17.8. The minimum atomic E-state index is -4.48. The molecule has 8 heteroatoms. The molecule has 0 radical (unpaired) electrons. The number of halogens is 3. The van der Waals surface area contributed by atoms with E-state index in [-0.39, 0.29) is 24.2 Å². The number of fused-ring (bicyclic) bond motifs is 1. The second-order valence-electron chi connectivity index (χ2n) is 8.79. The third kappa shape index (κ3) is 6.68. The predicted octanol–water partition coefficient (Wildman–Crippen LogP) is 3.32. The molecule has 1 heterocycles. The summed E-state index contributed by atoms with van der Waals surface area (Å²) in [5, 5.41) is 30.1. The van der Waals surface area contributed by atoms with Crippen LogP contribution in [0.5, 0.6) is 5.75 Å². The van der Waals surface area contributed by atoms with Gasteiger partial charge in [-0.2, -0.15) is 13.2 Å². The van der Waals surface area contributed by atoms with E-state index in [0.29, 0.717) is 24.9 Å². The quantitative estimate of drug-likeness (QED) is 0.575. The SMILES string of the molecule is CCC/C=C/c1cc(OCC(O)CN2C[C@H]3C[C@H](O)[C@H](O)C[C@H]3C2)cc(C(F)(F)F)c1. The van der Waals surface area contributed by atoms with Gasteiger partial charge in [0.25, 0.3) is 0 Å². The van der Waals surface area contributed by atoms with Gasteiger partial charge in [-0.3, -0.25) is 0 Å². The molecule has 1 saturated carbocycles. The van der Waals surface area contributed by atoms with Crippen molar-refractivity contribution in [2.45, 2.75) is 57.1 Å². The Morgan fingerprint density at radius 1 is 1.13 bits per heavy atom. The fourth-order valence-corrected chi connectivity index (χ4v) is 4.55. The Labute approximate surface area is 181 Å². The molecule has 2 aliphatic rings. The van der Waals surface area contributed by atoms with Crippen LogP contribution in [0.25, 0.3) is 6.08 Å². The van der Waals surface area contributed by atoms with E-state index in [0.717, 1.165) is 38.1 Å². The van der Waals surface area contributed by atoms with Crippen LogP contribution < -0.4 is 4.74 Å². The average Bonchev–Trinajstić information content (AvgIpc) is 3.07. The topological polar surface area (TPSA) is 73.2 Å². The van der Waals surface area contributed by atoms with Crippen molar-refractivity contribution in [1.29, 1.82) is 0 Å². The predicted molar refractivity (Wildman–Crippen MR) is 112 cm³/mol. The Hall–Kier alpha value is -1.61. The first-order valence-electron chi connectivity index (χ1n) is 10.9. The summed E-state index contributed by atoms with van der Waals surface area (Å²) in [6.45, 7) is 3.66. The van der Waals surface area contributed by atoms with Crippen LogP contribution in [-0.2, 0) is 6.18 Å². The molecule has 31 heavy (non-hydrogen) atoms. The summed E-state index contributed by atoms with van der Waals surface area (Å²) < 4.78 is 45.2. The number of aliphatic hydroxyl groups excluding tert-OH is 3. The second-order valence-corrected chi connectivity index (χ2v) is 8.79. The summed E-state index contributed by atoms with van der Waals surface area (Å²) in [6, 6.07) is 3.59. The van der Waals surface area contributed by atoms with Gasteiger partial charge in [0.1, 0.15) is 18.5 Å². The largest absolute Gasteiger partial charge is 0.491 e. The van der Waals surface area contributed by atoms with Gasteiger partial charge in [0.15, 0.2) is 0 Å². The van der Waals surface area contributed by atoms with Crippen molar-refractivity contribution in [3.63, 3.8) is 0 Å². The highest BCUT2D eigenvalue weighted by molar-refractivity contribution is 5.54. The zero-order valence-corrected chi connectivity index (χ0v) is 17.8. The van der Waals surface area contributed by atoms with E-state index < -0.39 is 30.1 Å². The van der Waals surface area contributed by atoms with Gasteiger partial charge in [0.2, 0.25) is 0 Å². The van der Waals surface area contributed by atoms with Gasteiger partial charge < -0.3 is 25.0 Å². The molecule has 5 atom stereocenters. The van der Waals surface area contributed by atoms with Crippen molar-refractivity contribution in [1.82, 2.24) is 4.90 Å². The lowest BCUT2D eigenvalue weighted by Gasteiger charge is -2.32. The van der Waals surface area contributed by atoms with Crippen LogP contribution in [0.15, 0.2) is 24.3 Å². The molecule has 0 amide bonds. The molecule has 1 aliphatic heterocycles. The number of hydrogen-bond donors (Lipinski definition) is 3. The van der Waals surface area contributed by atoms with Crippen LogP contribution in [0.4, 0.5) is 13.2 Å². The first-order chi connectivity index (χ1) is 14.7.